The predicted molar refractivity (Wildman–Crippen MR) is 241 cm³/mol. The van der Waals surface area contributed by atoms with Crippen molar-refractivity contribution in [2.24, 2.45) is 0 Å². The highest BCUT2D eigenvalue weighted by Gasteiger charge is 2.20. The molecule has 3 N–H and O–H groups in total. The Morgan fingerprint density at radius 3 is 1.32 bits per heavy atom. The molecule has 0 rings (SSSR count). The summed E-state index contributed by atoms with van der Waals surface area (Å²) in [4.78, 5) is 24.4. The number of nitrogens with one attached hydrogen (secondary N) is 1. The van der Waals surface area contributed by atoms with Crippen molar-refractivity contribution in [2.45, 2.75) is 270 Å². The van der Waals surface area contributed by atoms with Crippen LogP contribution in [0.25, 0.3) is 0 Å². The number of aliphatic hydroxyl groups is 2. The Kier molecular flexibility index (Phi) is 44.7. The van der Waals surface area contributed by atoms with Gasteiger partial charge in [-0.05, 0) is 70.6 Å². The molecule has 56 heavy (non-hydrogen) atoms. The van der Waals surface area contributed by atoms with Gasteiger partial charge in [0.05, 0.1) is 25.4 Å². The first-order valence-corrected chi connectivity index (χ1v) is 24.6. The third kappa shape index (κ3) is 42.0. The number of ether oxygens (including phenoxy) is 1. The average molecular weight is 790 g/mol. The lowest BCUT2D eigenvalue weighted by Crippen LogP contribution is -2.45. The lowest BCUT2D eigenvalue weighted by atomic mass is 10.0. The summed E-state index contributed by atoms with van der Waals surface area (Å²) in [5.41, 5.74) is 0. The van der Waals surface area contributed by atoms with E-state index >= 15 is 0 Å². The first-order valence-electron chi connectivity index (χ1n) is 24.6. The molecule has 0 saturated heterocycles. The van der Waals surface area contributed by atoms with Crippen LogP contribution in [-0.4, -0.2) is 47.4 Å². The van der Waals surface area contributed by atoms with Gasteiger partial charge in [-0.25, -0.2) is 0 Å². The molecule has 0 aliphatic heterocycles. The monoisotopic (exact) mass is 790 g/mol. The molecule has 0 aromatic carbocycles. The molecule has 2 atom stereocenters. The molecule has 0 spiro atoms. The molecule has 1 amide bonds. The van der Waals surface area contributed by atoms with Crippen LogP contribution in [0.5, 0.6) is 0 Å². The van der Waals surface area contributed by atoms with Gasteiger partial charge in [-0.2, -0.15) is 0 Å². The van der Waals surface area contributed by atoms with Crippen LogP contribution >= 0.6 is 0 Å². The van der Waals surface area contributed by atoms with Crippen molar-refractivity contribution >= 4 is 11.9 Å². The summed E-state index contributed by atoms with van der Waals surface area (Å²) in [6, 6.07) is -0.579. The summed E-state index contributed by atoms with van der Waals surface area (Å²) >= 11 is 0. The summed E-state index contributed by atoms with van der Waals surface area (Å²) in [6.07, 6.45) is 52.9. The van der Waals surface area contributed by atoms with Gasteiger partial charge in [-0.3, -0.25) is 9.59 Å². The Hall–Kier alpha value is -1.66. The van der Waals surface area contributed by atoms with Crippen LogP contribution in [0.1, 0.15) is 258 Å². The normalized spacial score (nSPS) is 12.9. The molecule has 0 aliphatic rings. The minimum atomic E-state index is -0.695. The highest BCUT2D eigenvalue weighted by Crippen LogP contribution is 2.16. The molecule has 330 valence electrons. The first-order chi connectivity index (χ1) is 27.5. The molecule has 2 unspecified atom stereocenters. The number of carbonyl (C=O) groups excluding carboxylic acids is 2. The second-order valence-electron chi connectivity index (χ2n) is 16.8. The van der Waals surface area contributed by atoms with Gasteiger partial charge in [-0.15, -0.1) is 0 Å². The van der Waals surface area contributed by atoms with Crippen LogP contribution in [0.4, 0.5) is 0 Å². The zero-order valence-corrected chi connectivity index (χ0v) is 37.4. The van der Waals surface area contributed by atoms with Gasteiger partial charge in [0.2, 0.25) is 5.91 Å². The van der Waals surface area contributed by atoms with E-state index < -0.39 is 12.1 Å². The molecule has 0 bridgehead atoms. The Morgan fingerprint density at radius 2 is 0.857 bits per heavy atom. The predicted octanol–water partition coefficient (Wildman–Crippen LogP) is 14.3. The van der Waals surface area contributed by atoms with Crippen LogP contribution in [0.15, 0.2) is 24.3 Å². The smallest absolute Gasteiger partial charge is 0.305 e. The number of aliphatic hydroxyl groups excluding tert-OH is 2. The topological polar surface area (TPSA) is 95.9 Å². The van der Waals surface area contributed by atoms with E-state index in [1.54, 1.807) is 0 Å². The van der Waals surface area contributed by atoms with Gasteiger partial charge in [-0.1, -0.05) is 199 Å². The van der Waals surface area contributed by atoms with E-state index in [0.717, 1.165) is 70.6 Å². The number of esters is 1. The van der Waals surface area contributed by atoms with Crippen molar-refractivity contribution in [3.63, 3.8) is 0 Å². The Morgan fingerprint density at radius 1 is 0.482 bits per heavy atom. The number of rotatable bonds is 45. The highest BCUT2D eigenvalue weighted by molar-refractivity contribution is 5.76. The molecule has 0 aliphatic carbocycles. The van der Waals surface area contributed by atoms with Crippen molar-refractivity contribution in [2.75, 3.05) is 13.2 Å². The van der Waals surface area contributed by atoms with Crippen LogP contribution in [0, 0.1) is 0 Å². The number of amides is 1. The van der Waals surface area contributed by atoms with Crippen molar-refractivity contribution in [1.29, 1.82) is 0 Å². The zero-order valence-electron chi connectivity index (χ0n) is 37.4. The van der Waals surface area contributed by atoms with E-state index in [4.69, 9.17) is 4.74 Å². The van der Waals surface area contributed by atoms with Gasteiger partial charge in [0, 0.05) is 12.8 Å². The third-order valence-corrected chi connectivity index (χ3v) is 11.2. The van der Waals surface area contributed by atoms with E-state index in [0.29, 0.717) is 25.9 Å². The average Bonchev–Trinajstić information content (AvgIpc) is 3.20. The van der Waals surface area contributed by atoms with E-state index in [2.05, 4.69) is 43.5 Å². The van der Waals surface area contributed by atoms with Crippen molar-refractivity contribution in [3.8, 4) is 0 Å². The van der Waals surface area contributed by atoms with Crippen molar-refractivity contribution in [3.05, 3.63) is 24.3 Å². The highest BCUT2D eigenvalue weighted by atomic mass is 16.5. The van der Waals surface area contributed by atoms with Crippen LogP contribution in [0.3, 0.4) is 0 Å². The Balaban J connectivity index is 3.56. The number of hydrogen-bond donors (Lipinski definition) is 3. The molecule has 6 nitrogen and oxygen atoms in total. The molecular formula is C50H95NO5. The lowest BCUT2D eigenvalue weighted by molar-refractivity contribution is -0.143. The van der Waals surface area contributed by atoms with Crippen LogP contribution in [-0.2, 0) is 14.3 Å². The fourth-order valence-electron chi connectivity index (χ4n) is 7.40. The van der Waals surface area contributed by atoms with E-state index in [1.807, 2.05) is 0 Å². The summed E-state index contributed by atoms with van der Waals surface area (Å²) in [5.74, 6) is -0.141. The van der Waals surface area contributed by atoms with Gasteiger partial charge >= 0.3 is 5.97 Å². The molecule has 0 heterocycles. The SMILES string of the molecule is CCCCCC/C=C\CCCCCCCC(=O)OCCCCCC/C=C\CCCC(=O)NC(CO)C(O)CCCCCCCCCCCCCCCCCCC. The molecule has 0 radical (unpaired) electrons. The fraction of sp³-hybridized carbons (Fsp3) is 0.880. The fourth-order valence-corrected chi connectivity index (χ4v) is 7.40. The molecular weight excluding hydrogens is 695 g/mol. The van der Waals surface area contributed by atoms with Crippen molar-refractivity contribution < 1.29 is 24.5 Å². The minimum Gasteiger partial charge on any atom is -0.466 e. The summed E-state index contributed by atoms with van der Waals surface area (Å²) in [5, 5.41) is 23.2. The Bertz CT molecular complexity index is 874. The van der Waals surface area contributed by atoms with Crippen molar-refractivity contribution in [1.82, 2.24) is 5.32 Å². The second kappa shape index (κ2) is 46.0. The van der Waals surface area contributed by atoms with Crippen LogP contribution in [0.2, 0.25) is 0 Å². The standard InChI is InChI=1S/C50H95NO5/c1-3-5-7-9-11-13-15-17-18-19-20-22-23-26-30-34-38-42-48(53)47(46-52)51-49(54)43-39-35-31-27-25-29-33-37-41-45-56-50(55)44-40-36-32-28-24-21-16-14-12-10-8-6-4-2/h14,16,27,31,47-48,52-53H,3-13,15,17-26,28-30,32-46H2,1-2H3,(H,51,54)/b16-14-,31-27-. The largest absolute Gasteiger partial charge is 0.466 e. The molecule has 6 heteroatoms. The number of allylic oxidation sites excluding steroid dienone is 4. The Labute approximate surface area is 348 Å². The zero-order chi connectivity index (χ0) is 40.8. The summed E-state index contributed by atoms with van der Waals surface area (Å²) in [6.45, 7) is 4.84. The molecule has 0 saturated carbocycles. The van der Waals surface area contributed by atoms with Gasteiger partial charge < -0.3 is 20.3 Å². The third-order valence-electron chi connectivity index (χ3n) is 11.2. The minimum absolute atomic E-state index is 0.0450. The number of hydrogen-bond acceptors (Lipinski definition) is 5. The number of carbonyl (C=O) groups is 2. The van der Waals surface area contributed by atoms with E-state index in [1.165, 1.54) is 154 Å². The van der Waals surface area contributed by atoms with Crippen LogP contribution < -0.4 is 5.32 Å². The van der Waals surface area contributed by atoms with Gasteiger partial charge in [0.1, 0.15) is 0 Å². The molecule has 0 aromatic rings. The number of unbranched alkanes of at least 4 members (excludes halogenated alkanes) is 30. The molecule has 0 aromatic heterocycles. The second-order valence-corrected chi connectivity index (χ2v) is 16.8. The maximum absolute atomic E-state index is 12.4. The van der Waals surface area contributed by atoms with Gasteiger partial charge in [0.25, 0.3) is 0 Å². The van der Waals surface area contributed by atoms with Gasteiger partial charge in [0.15, 0.2) is 0 Å². The lowest BCUT2D eigenvalue weighted by Gasteiger charge is -2.22. The first kappa shape index (κ1) is 54.3. The summed E-state index contributed by atoms with van der Waals surface area (Å²) < 4.78 is 5.42. The maximum atomic E-state index is 12.4. The quantitative estimate of drug-likeness (QED) is 0.0324. The van der Waals surface area contributed by atoms with E-state index in [9.17, 15) is 19.8 Å². The molecule has 0 fully saturated rings. The summed E-state index contributed by atoms with van der Waals surface area (Å²) in [7, 11) is 0. The maximum Gasteiger partial charge on any atom is 0.305 e. The van der Waals surface area contributed by atoms with E-state index in [-0.39, 0.29) is 18.5 Å².